The number of nitrogens with one attached hydrogen (secondary N) is 1. The summed E-state index contributed by atoms with van der Waals surface area (Å²) < 4.78 is 0. The average molecular weight is 308 g/mol. The van der Waals surface area contributed by atoms with Crippen molar-refractivity contribution in [3.8, 4) is 0 Å². The topological polar surface area (TPSA) is 47.9 Å². The fraction of sp³-hybridized carbons (Fsp3) is 0.765. The number of carbonyl (C=O) groups excluding carboxylic acids is 1. The number of rotatable bonds is 6. The quantitative estimate of drug-likeness (QED) is 0.463. The molecule has 0 spiro atoms. The standard InChI is InChI=1S/C17H32N4O/c1-13(2)9-15-7-8-21(12-15)17(18-10-14(3)4)19-11-16(22)20(5)6/h13,15H,3,7-12H2,1-2,4-6H3,(H,18,19). The fourth-order valence-corrected chi connectivity index (χ4v) is 2.67. The van der Waals surface area contributed by atoms with Crippen LogP contribution in [0.2, 0.25) is 0 Å². The second-order valence-electron chi connectivity index (χ2n) is 6.97. The predicted molar refractivity (Wildman–Crippen MR) is 92.9 cm³/mol. The molecule has 0 radical (unpaired) electrons. The molecule has 1 aliphatic heterocycles. The van der Waals surface area contributed by atoms with Crippen LogP contribution in [0.3, 0.4) is 0 Å². The zero-order valence-electron chi connectivity index (χ0n) is 14.9. The van der Waals surface area contributed by atoms with Gasteiger partial charge in [-0.2, -0.15) is 0 Å². The van der Waals surface area contributed by atoms with E-state index < -0.39 is 0 Å². The van der Waals surface area contributed by atoms with Gasteiger partial charge in [0.15, 0.2) is 5.96 Å². The first kappa shape index (κ1) is 18.5. The molecule has 0 bridgehead atoms. The van der Waals surface area contributed by atoms with Gasteiger partial charge in [-0.1, -0.05) is 26.0 Å². The van der Waals surface area contributed by atoms with Gasteiger partial charge in [-0.3, -0.25) is 4.79 Å². The van der Waals surface area contributed by atoms with Crippen LogP contribution in [0.15, 0.2) is 17.1 Å². The maximum absolute atomic E-state index is 11.8. The van der Waals surface area contributed by atoms with Crippen LogP contribution in [0.1, 0.15) is 33.6 Å². The summed E-state index contributed by atoms with van der Waals surface area (Å²) in [6, 6.07) is 0. The molecule has 1 heterocycles. The summed E-state index contributed by atoms with van der Waals surface area (Å²) in [5.41, 5.74) is 1.06. The molecule has 1 amide bonds. The van der Waals surface area contributed by atoms with Gasteiger partial charge in [-0.25, -0.2) is 4.99 Å². The molecular formula is C17H32N4O. The third kappa shape index (κ3) is 6.50. The summed E-state index contributed by atoms with van der Waals surface area (Å²) in [6.45, 7) is 13.4. The lowest BCUT2D eigenvalue weighted by molar-refractivity contribution is -0.127. The Hall–Kier alpha value is -1.52. The van der Waals surface area contributed by atoms with E-state index in [-0.39, 0.29) is 12.5 Å². The molecule has 0 aromatic rings. The van der Waals surface area contributed by atoms with E-state index in [4.69, 9.17) is 0 Å². The van der Waals surface area contributed by atoms with Gasteiger partial charge in [0.1, 0.15) is 6.54 Å². The van der Waals surface area contributed by atoms with E-state index >= 15 is 0 Å². The average Bonchev–Trinajstić information content (AvgIpc) is 2.85. The van der Waals surface area contributed by atoms with E-state index in [2.05, 4.69) is 35.6 Å². The Morgan fingerprint density at radius 2 is 2.14 bits per heavy atom. The molecular weight excluding hydrogens is 276 g/mol. The van der Waals surface area contributed by atoms with E-state index in [0.717, 1.165) is 36.5 Å². The summed E-state index contributed by atoms with van der Waals surface area (Å²) in [5.74, 6) is 2.31. The number of likely N-dealkylation sites (N-methyl/N-ethyl adjacent to an activating group) is 1. The molecule has 1 fully saturated rings. The molecule has 5 heteroatoms. The van der Waals surface area contributed by atoms with Crippen LogP contribution in [0, 0.1) is 11.8 Å². The minimum atomic E-state index is 0.0209. The summed E-state index contributed by atoms with van der Waals surface area (Å²) in [6.07, 6.45) is 2.45. The van der Waals surface area contributed by atoms with Crippen molar-refractivity contribution in [1.82, 2.24) is 15.1 Å². The molecule has 1 saturated heterocycles. The minimum absolute atomic E-state index is 0.0209. The number of likely N-dealkylation sites (tertiary alicyclic amines) is 1. The first-order valence-electron chi connectivity index (χ1n) is 8.17. The molecule has 1 N–H and O–H groups in total. The van der Waals surface area contributed by atoms with Gasteiger partial charge in [0.05, 0.1) is 0 Å². The lowest BCUT2D eigenvalue weighted by Gasteiger charge is -2.23. The summed E-state index contributed by atoms with van der Waals surface area (Å²) in [4.78, 5) is 20.1. The summed E-state index contributed by atoms with van der Waals surface area (Å²) in [5, 5.41) is 3.33. The Morgan fingerprint density at radius 1 is 1.45 bits per heavy atom. The van der Waals surface area contributed by atoms with Gasteiger partial charge in [-0.05, 0) is 31.6 Å². The van der Waals surface area contributed by atoms with Crippen molar-refractivity contribution in [2.45, 2.75) is 33.6 Å². The van der Waals surface area contributed by atoms with E-state index in [9.17, 15) is 4.79 Å². The zero-order chi connectivity index (χ0) is 16.7. The largest absolute Gasteiger partial charge is 0.353 e. The minimum Gasteiger partial charge on any atom is -0.353 e. The fourth-order valence-electron chi connectivity index (χ4n) is 2.67. The highest BCUT2D eigenvalue weighted by Crippen LogP contribution is 2.23. The third-order valence-corrected chi connectivity index (χ3v) is 3.80. The summed E-state index contributed by atoms with van der Waals surface area (Å²) >= 11 is 0. The van der Waals surface area contributed by atoms with Crippen LogP contribution in [0.25, 0.3) is 0 Å². The number of carbonyl (C=O) groups is 1. The molecule has 0 aromatic heterocycles. The molecule has 1 atom stereocenters. The van der Waals surface area contributed by atoms with E-state index in [1.807, 2.05) is 6.92 Å². The Bertz CT molecular complexity index is 415. The molecule has 1 rings (SSSR count). The van der Waals surface area contributed by atoms with Crippen molar-refractivity contribution in [1.29, 1.82) is 0 Å². The van der Waals surface area contributed by atoms with Crippen LogP contribution in [-0.4, -0.2) is 61.9 Å². The van der Waals surface area contributed by atoms with Crippen LogP contribution in [0.4, 0.5) is 0 Å². The maximum atomic E-state index is 11.8. The van der Waals surface area contributed by atoms with Crippen molar-refractivity contribution >= 4 is 11.9 Å². The van der Waals surface area contributed by atoms with Gasteiger partial charge >= 0.3 is 0 Å². The second-order valence-corrected chi connectivity index (χ2v) is 6.97. The van der Waals surface area contributed by atoms with E-state index in [0.29, 0.717) is 6.54 Å². The van der Waals surface area contributed by atoms with Crippen LogP contribution in [0.5, 0.6) is 0 Å². The van der Waals surface area contributed by atoms with E-state index in [1.54, 1.807) is 19.0 Å². The van der Waals surface area contributed by atoms with Crippen molar-refractivity contribution < 1.29 is 4.79 Å². The molecule has 0 aromatic carbocycles. The van der Waals surface area contributed by atoms with Gasteiger partial charge < -0.3 is 15.1 Å². The van der Waals surface area contributed by atoms with Crippen molar-refractivity contribution in [3.05, 3.63) is 12.2 Å². The SMILES string of the molecule is C=C(C)CNC(=NCC(=O)N(C)C)N1CCC(CC(C)C)C1. The molecule has 1 unspecified atom stereocenters. The maximum Gasteiger partial charge on any atom is 0.243 e. The van der Waals surface area contributed by atoms with Crippen LogP contribution >= 0.6 is 0 Å². The number of hydrogen-bond donors (Lipinski definition) is 1. The Labute approximate surface area is 135 Å². The molecule has 22 heavy (non-hydrogen) atoms. The normalized spacial score (nSPS) is 18.7. The predicted octanol–water partition coefficient (Wildman–Crippen LogP) is 1.96. The Balaban J connectivity index is 2.67. The Morgan fingerprint density at radius 3 is 2.68 bits per heavy atom. The first-order valence-corrected chi connectivity index (χ1v) is 8.17. The number of nitrogens with zero attached hydrogens (tertiary/aromatic N) is 3. The van der Waals surface area contributed by atoms with Crippen LogP contribution < -0.4 is 5.32 Å². The van der Waals surface area contributed by atoms with Crippen molar-refractivity contribution in [2.24, 2.45) is 16.8 Å². The highest BCUT2D eigenvalue weighted by atomic mass is 16.2. The monoisotopic (exact) mass is 308 g/mol. The lowest BCUT2D eigenvalue weighted by Crippen LogP contribution is -2.41. The highest BCUT2D eigenvalue weighted by molar-refractivity contribution is 5.85. The smallest absolute Gasteiger partial charge is 0.243 e. The number of amides is 1. The zero-order valence-corrected chi connectivity index (χ0v) is 14.9. The Kier molecular flexibility index (Phi) is 7.42. The molecule has 126 valence electrons. The van der Waals surface area contributed by atoms with Crippen LogP contribution in [-0.2, 0) is 4.79 Å². The summed E-state index contributed by atoms with van der Waals surface area (Å²) in [7, 11) is 3.51. The third-order valence-electron chi connectivity index (χ3n) is 3.80. The molecule has 0 saturated carbocycles. The number of hydrogen-bond acceptors (Lipinski definition) is 2. The molecule has 0 aliphatic carbocycles. The second kappa shape index (κ2) is 8.81. The highest BCUT2D eigenvalue weighted by Gasteiger charge is 2.25. The molecule has 5 nitrogen and oxygen atoms in total. The van der Waals surface area contributed by atoms with Gasteiger partial charge in [0.2, 0.25) is 5.91 Å². The number of aliphatic imine (C=N–C) groups is 1. The lowest BCUT2D eigenvalue weighted by atomic mass is 9.97. The first-order chi connectivity index (χ1) is 10.3. The van der Waals surface area contributed by atoms with Crippen molar-refractivity contribution in [3.63, 3.8) is 0 Å². The van der Waals surface area contributed by atoms with E-state index in [1.165, 1.54) is 12.8 Å². The van der Waals surface area contributed by atoms with Gasteiger partial charge in [0, 0.05) is 33.7 Å². The molecule has 1 aliphatic rings. The van der Waals surface area contributed by atoms with Gasteiger partial charge in [-0.15, -0.1) is 0 Å². The van der Waals surface area contributed by atoms with Gasteiger partial charge in [0.25, 0.3) is 0 Å². The van der Waals surface area contributed by atoms with Crippen molar-refractivity contribution in [2.75, 3.05) is 40.3 Å². The number of guanidine groups is 1.